The molecular weight excluding hydrogens is 270 g/mol. The zero-order valence-electron chi connectivity index (χ0n) is 11.8. The van der Waals surface area contributed by atoms with Crippen LogP contribution in [-0.2, 0) is 0 Å². The van der Waals surface area contributed by atoms with Crippen molar-refractivity contribution in [3.05, 3.63) is 23.3 Å². The summed E-state index contributed by atoms with van der Waals surface area (Å²) in [4.78, 5) is 18.9. The molecule has 0 aliphatic carbocycles. The SMILES string of the molecule is Cc1cc(C(=O)N2CCC(C)CC2)cc2sc(N)nc12. The fraction of sp³-hybridized carbons (Fsp3) is 0.467. The highest BCUT2D eigenvalue weighted by Crippen LogP contribution is 2.28. The molecule has 1 aromatic heterocycles. The number of likely N-dealkylation sites (tertiary alicyclic amines) is 1. The van der Waals surface area contributed by atoms with Crippen molar-refractivity contribution < 1.29 is 4.79 Å². The first-order valence-electron chi connectivity index (χ1n) is 7.00. The number of piperidine rings is 1. The number of thiazole rings is 1. The van der Waals surface area contributed by atoms with E-state index < -0.39 is 0 Å². The van der Waals surface area contributed by atoms with Gasteiger partial charge in [-0.15, -0.1) is 0 Å². The summed E-state index contributed by atoms with van der Waals surface area (Å²) in [5.74, 6) is 0.860. The number of hydrogen-bond acceptors (Lipinski definition) is 4. The second kappa shape index (κ2) is 5.05. The second-order valence-electron chi connectivity index (χ2n) is 5.67. The molecule has 0 radical (unpaired) electrons. The number of nitrogens with two attached hydrogens (primary N) is 1. The Bertz CT molecular complexity index is 656. The van der Waals surface area contributed by atoms with E-state index in [1.165, 1.54) is 11.3 Å². The monoisotopic (exact) mass is 289 g/mol. The average molecular weight is 289 g/mol. The largest absolute Gasteiger partial charge is 0.375 e. The number of anilines is 1. The quantitative estimate of drug-likeness (QED) is 0.877. The average Bonchev–Trinajstić information content (AvgIpc) is 2.80. The molecule has 1 aromatic carbocycles. The number of benzene rings is 1. The summed E-state index contributed by atoms with van der Waals surface area (Å²) in [5.41, 5.74) is 8.44. The number of rotatable bonds is 1. The number of fused-ring (bicyclic) bond motifs is 1. The molecule has 1 saturated heterocycles. The third kappa shape index (κ3) is 2.38. The molecule has 5 heteroatoms. The van der Waals surface area contributed by atoms with E-state index in [4.69, 9.17) is 5.73 Å². The molecule has 1 fully saturated rings. The van der Waals surface area contributed by atoms with Crippen LogP contribution in [0.1, 0.15) is 35.7 Å². The number of carbonyl (C=O) groups excluding carboxylic acids is 1. The predicted molar refractivity (Wildman–Crippen MR) is 83.1 cm³/mol. The molecule has 0 spiro atoms. The maximum absolute atomic E-state index is 12.6. The second-order valence-corrected chi connectivity index (χ2v) is 6.73. The van der Waals surface area contributed by atoms with E-state index >= 15 is 0 Å². The predicted octanol–water partition coefficient (Wildman–Crippen LogP) is 3.06. The lowest BCUT2D eigenvalue weighted by atomic mass is 9.98. The summed E-state index contributed by atoms with van der Waals surface area (Å²) in [7, 11) is 0. The molecule has 4 nitrogen and oxygen atoms in total. The van der Waals surface area contributed by atoms with Crippen molar-refractivity contribution in [2.24, 2.45) is 5.92 Å². The fourth-order valence-electron chi connectivity index (χ4n) is 2.73. The van der Waals surface area contributed by atoms with Gasteiger partial charge in [-0.3, -0.25) is 4.79 Å². The van der Waals surface area contributed by atoms with Crippen LogP contribution in [0.4, 0.5) is 5.13 Å². The van der Waals surface area contributed by atoms with Crippen molar-refractivity contribution in [3.63, 3.8) is 0 Å². The van der Waals surface area contributed by atoms with Crippen molar-refractivity contribution in [1.82, 2.24) is 9.88 Å². The minimum Gasteiger partial charge on any atom is -0.375 e. The van der Waals surface area contributed by atoms with Gasteiger partial charge in [0.05, 0.1) is 10.2 Å². The Morgan fingerprint density at radius 2 is 2.10 bits per heavy atom. The van der Waals surface area contributed by atoms with Gasteiger partial charge in [0.25, 0.3) is 5.91 Å². The minimum absolute atomic E-state index is 0.133. The standard InChI is InChI=1S/C15H19N3OS/c1-9-3-5-18(6-4-9)14(19)11-7-10(2)13-12(8-11)20-15(16)17-13/h7-9H,3-6H2,1-2H3,(H2,16,17). The van der Waals surface area contributed by atoms with Crippen molar-refractivity contribution in [1.29, 1.82) is 0 Å². The molecule has 20 heavy (non-hydrogen) atoms. The number of aryl methyl sites for hydroxylation is 1. The van der Waals surface area contributed by atoms with E-state index in [1.807, 2.05) is 24.0 Å². The Morgan fingerprint density at radius 3 is 2.80 bits per heavy atom. The molecule has 1 aliphatic heterocycles. The molecule has 2 heterocycles. The Balaban J connectivity index is 1.91. The highest BCUT2D eigenvalue weighted by atomic mass is 32.1. The summed E-state index contributed by atoms with van der Waals surface area (Å²) in [6, 6.07) is 3.86. The van der Waals surface area contributed by atoms with Crippen LogP contribution in [0.3, 0.4) is 0 Å². The Hall–Kier alpha value is -1.62. The highest BCUT2D eigenvalue weighted by Gasteiger charge is 2.22. The molecule has 3 rings (SSSR count). The number of nitrogen functional groups attached to an aromatic ring is 1. The maximum atomic E-state index is 12.6. The lowest BCUT2D eigenvalue weighted by Gasteiger charge is -2.30. The van der Waals surface area contributed by atoms with E-state index in [0.29, 0.717) is 5.13 Å². The summed E-state index contributed by atoms with van der Waals surface area (Å²) >= 11 is 1.44. The van der Waals surface area contributed by atoms with Gasteiger partial charge in [-0.05, 0) is 43.4 Å². The van der Waals surface area contributed by atoms with E-state index in [2.05, 4.69) is 11.9 Å². The molecule has 0 saturated carbocycles. The molecule has 0 bridgehead atoms. The lowest BCUT2D eigenvalue weighted by molar-refractivity contribution is 0.0697. The van der Waals surface area contributed by atoms with Crippen LogP contribution in [0, 0.1) is 12.8 Å². The summed E-state index contributed by atoms with van der Waals surface area (Å²) in [5, 5.41) is 0.555. The van der Waals surface area contributed by atoms with Gasteiger partial charge in [0.2, 0.25) is 0 Å². The van der Waals surface area contributed by atoms with Gasteiger partial charge in [-0.2, -0.15) is 0 Å². The van der Waals surface area contributed by atoms with E-state index in [0.717, 1.165) is 53.2 Å². The van der Waals surface area contributed by atoms with Crippen molar-refractivity contribution in [2.45, 2.75) is 26.7 Å². The van der Waals surface area contributed by atoms with Gasteiger partial charge in [-0.25, -0.2) is 4.98 Å². The van der Waals surface area contributed by atoms with Gasteiger partial charge < -0.3 is 10.6 Å². The first kappa shape index (κ1) is 13.4. The minimum atomic E-state index is 0.133. The fourth-order valence-corrected chi connectivity index (χ4v) is 3.58. The Labute approximate surface area is 122 Å². The summed E-state index contributed by atoms with van der Waals surface area (Å²) < 4.78 is 0.997. The molecule has 1 amide bonds. The maximum Gasteiger partial charge on any atom is 0.253 e. The summed E-state index contributed by atoms with van der Waals surface area (Å²) in [6.07, 6.45) is 2.20. The number of hydrogen-bond donors (Lipinski definition) is 1. The Morgan fingerprint density at radius 1 is 1.40 bits per heavy atom. The van der Waals surface area contributed by atoms with Crippen LogP contribution >= 0.6 is 11.3 Å². The normalized spacial score (nSPS) is 16.8. The number of nitrogens with zero attached hydrogens (tertiary/aromatic N) is 2. The number of carbonyl (C=O) groups is 1. The first-order chi connectivity index (χ1) is 9.54. The van der Waals surface area contributed by atoms with Crippen LogP contribution in [-0.4, -0.2) is 28.9 Å². The molecule has 2 N–H and O–H groups in total. The van der Waals surface area contributed by atoms with Crippen LogP contribution in [0.15, 0.2) is 12.1 Å². The molecule has 0 unspecified atom stereocenters. The molecule has 106 valence electrons. The molecule has 2 aromatic rings. The van der Waals surface area contributed by atoms with Crippen LogP contribution < -0.4 is 5.73 Å². The topological polar surface area (TPSA) is 59.2 Å². The van der Waals surface area contributed by atoms with Crippen LogP contribution in [0.2, 0.25) is 0 Å². The van der Waals surface area contributed by atoms with Gasteiger partial charge in [0, 0.05) is 18.7 Å². The Kier molecular flexibility index (Phi) is 3.38. The molecular formula is C15H19N3OS. The third-order valence-corrected chi connectivity index (χ3v) is 4.85. The molecule has 1 aliphatic rings. The lowest BCUT2D eigenvalue weighted by Crippen LogP contribution is -2.37. The first-order valence-corrected chi connectivity index (χ1v) is 7.82. The third-order valence-electron chi connectivity index (χ3n) is 4.02. The number of aromatic nitrogens is 1. The van der Waals surface area contributed by atoms with Crippen LogP contribution in [0.25, 0.3) is 10.2 Å². The number of amides is 1. The van der Waals surface area contributed by atoms with Gasteiger partial charge in [0.1, 0.15) is 0 Å². The smallest absolute Gasteiger partial charge is 0.253 e. The van der Waals surface area contributed by atoms with Crippen molar-refractivity contribution in [3.8, 4) is 0 Å². The zero-order chi connectivity index (χ0) is 14.3. The van der Waals surface area contributed by atoms with Gasteiger partial charge in [-0.1, -0.05) is 18.3 Å². The molecule has 0 atom stereocenters. The van der Waals surface area contributed by atoms with Gasteiger partial charge >= 0.3 is 0 Å². The van der Waals surface area contributed by atoms with E-state index in [9.17, 15) is 4.79 Å². The van der Waals surface area contributed by atoms with E-state index in [-0.39, 0.29) is 5.91 Å². The van der Waals surface area contributed by atoms with Crippen LogP contribution in [0.5, 0.6) is 0 Å². The van der Waals surface area contributed by atoms with Crippen molar-refractivity contribution >= 4 is 32.6 Å². The van der Waals surface area contributed by atoms with Gasteiger partial charge in [0.15, 0.2) is 5.13 Å². The summed E-state index contributed by atoms with van der Waals surface area (Å²) in [6.45, 7) is 5.96. The van der Waals surface area contributed by atoms with E-state index in [1.54, 1.807) is 0 Å². The zero-order valence-corrected chi connectivity index (χ0v) is 12.7. The highest BCUT2D eigenvalue weighted by molar-refractivity contribution is 7.22. The van der Waals surface area contributed by atoms with Crippen molar-refractivity contribution in [2.75, 3.05) is 18.8 Å².